The van der Waals surface area contributed by atoms with Crippen molar-refractivity contribution in [3.05, 3.63) is 60.7 Å². The number of phenols is 2. The number of phenolic OH excluding ortho intramolecular Hbond substituents is 2. The van der Waals surface area contributed by atoms with E-state index in [-0.39, 0.29) is 11.5 Å². The summed E-state index contributed by atoms with van der Waals surface area (Å²) in [6, 6.07) is 17.4. The number of nitrogen functional groups attached to an aromatic ring is 2. The highest BCUT2D eigenvalue weighted by Crippen LogP contribution is 2.24. The van der Waals surface area contributed by atoms with E-state index in [0.717, 1.165) is 10.8 Å². The van der Waals surface area contributed by atoms with Crippen LogP contribution in [-0.4, -0.2) is 10.2 Å². The summed E-state index contributed by atoms with van der Waals surface area (Å²) in [7, 11) is 0. The molecule has 102 valence electrons. The minimum atomic E-state index is 0.213. The second-order valence-corrected chi connectivity index (χ2v) is 4.35. The van der Waals surface area contributed by atoms with Gasteiger partial charge in [-0.25, -0.2) is 0 Å². The molecule has 3 rings (SSSR count). The van der Waals surface area contributed by atoms with Gasteiger partial charge >= 0.3 is 0 Å². The molecular weight excluding hydrogens is 252 g/mol. The maximum Gasteiger partial charge on any atom is 0.117 e. The normalized spacial score (nSPS) is 9.80. The summed E-state index contributed by atoms with van der Waals surface area (Å²) in [6.07, 6.45) is 0. The molecule has 0 aliphatic heterocycles. The van der Waals surface area contributed by atoms with Gasteiger partial charge in [0, 0.05) is 22.8 Å². The molecule has 3 aromatic rings. The van der Waals surface area contributed by atoms with E-state index in [1.54, 1.807) is 30.3 Å². The van der Waals surface area contributed by atoms with Crippen LogP contribution in [0.3, 0.4) is 0 Å². The lowest BCUT2D eigenvalue weighted by molar-refractivity contribution is 0.475. The Kier molecular flexibility index (Phi) is 3.96. The molecule has 3 aromatic carbocycles. The average molecular weight is 268 g/mol. The maximum absolute atomic E-state index is 9.20. The Morgan fingerprint density at radius 2 is 1.40 bits per heavy atom. The first-order valence-corrected chi connectivity index (χ1v) is 6.08. The Bertz CT molecular complexity index is 709. The highest BCUT2D eigenvalue weighted by Gasteiger charge is 1.97. The lowest BCUT2D eigenvalue weighted by Gasteiger charge is -2.01. The van der Waals surface area contributed by atoms with E-state index in [2.05, 4.69) is 0 Å². The number of benzene rings is 3. The van der Waals surface area contributed by atoms with Gasteiger partial charge in [0.25, 0.3) is 0 Å². The summed E-state index contributed by atoms with van der Waals surface area (Å²) in [5.41, 5.74) is 12.3. The molecule has 0 saturated heterocycles. The van der Waals surface area contributed by atoms with Crippen molar-refractivity contribution < 1.29 is 10.2 Å². The Hall–Kier alpha value is -2.88. The van der Waals surface area contributed by atoms with E-state index in [0.29, 0.717) is 11.4 Å². The molecule has 4 heteroatoms. The van der Waals surface area contributed by atoms with Crippen LogP contribution >= 0.6 is 0 Å². The van der Waals surface area contributed by atoms with Crippen molar-refractivity contribution in [3.8, 4) is 11.5 Å². The lowest BCUT2D eigenvalue weighted by atomic mass is 10.1. The number of anilines is 2. The molecule has 0 bridgehead atoms. The van der Waals surface area contributed by atoms with Crippen LogP contribution in [0.4, 0.5) is 11.4 Å². The largest absolute Gasteiger partial charge is 0.508 e. The highest BCUT2D eigenvalue weighted by atomic mass is 16.3. The number of hydrogen-bond acceptors (Lipinski definition) is 4. The van der Waals surface area contributed by atoms with Gasteiger partial charge in [0.2, 0.25) is 0 Å². The molecular formula is C16H16N2O2. The molecule has 0 radical (unpaired) electrons. The van der Waals surface area contributed by atoms with Gasteiger partial charge in [0.15, 0.2) is 0 Å². The SMILES string of the molecule is Nc1cccc(O)c1.Nc1cccc2ccc(O)cc12. The van der Waals surface area contributed by atoms with E-state index in [4.69, 9.17) is 16.6 Å². The van der Waals surface area contributed by atoms with E-state index in [9.17, 15) is 5.11 Å². The molecule has 0 unspecified atom stereocenters. The Morgan fingerprint density at radius 3 is 2.05 bits per heavy atom. The molecule has 0 heterocycles. The summed E-state index contributed by atoms with van der Waals surface area (Å²) in [6.45, 7) is 0. The van der Waals surface area contributed by atoms with Crippen LogP contribution in [0.1, 0.15) is 0 Å². The van der Waals surface area contributed by atoms with E-state index < -0.39 is 0 Å². The van der Waals surface area contributed by atoms with Crippen molar-refractivity contribution >= 4 is 22.1 Å². The predicted molar refractivity (Wildman–Crippen MR) is 82.5 cm³/mol. The third kappa shape index (κ3) is 3.32. The zero-order valence-corrected chi connectivity index (χ0v) is 10.8. The first-order chi connectivity index (χ1) is 9.56. The van der Waals surface area contributed by atoms with Gasteiger partial charge in [-0.05, 0) is 35.7 Å². The third-order valence-electron chi connectivity index (χ3n) is 2.77. The van der Waals surface area contributed by atoms with Crippen LogP contribution in [0, 0.1) is 0 Å². The molecule has 0 atom stereocenters. The number of nitrogens with two attached hydrogens (primary N) is 2. The first kappa shape index (κ1) is 13.5. The zero-order chi connectivity index (χ0) is 14.5. The lowest BCUT2D eigenvalue weighted by Crippen LogP contribution is -1.85. The number of fused-ring (bicyclic) bond motifs is 1. The monoisotopic (exact) mass is 268 g/mol. The first-order valence-electron chi connectivity index (χ1n) is 6.08. The molecule has 6 N–H and O–H groups in total. The molecule has 0 aliphatic rings. The van der Waals surface area contributed by atoms with Crippen LogP contribution in [0.15, 0.2) is 60.7 Å². The van der Waals surface area contributed by atoms with Crippen LogP contribution in [0.2, 0.25) is 0 Å². The number of aromatic hydroxyl groups is 2. The van der Waals surface area contributed by atoms with Gasteiger partial charge < -0.3 is 21.7 Å². The van der Waals surface area contributed by atoms with Crippen molar-refractivity contribution in [1.82, 2.24) is 0 Å². The van der Waals surface area contributed by atoms with Crippen molar-refractivity contribution in [2.75, 3.05) is 11.5 Å². The summed E-state index contributed by atoms with van der Waals surface area (Å²) in [4.78, 5) is 0. The second-order valence-electron chi connectivity index (χ2n) is 4.35. The summed E-state index contributed by atoms with van der Waals surface area (Å²) >= 11 is 0. The molecule has 0 fully saturated rings. The molecule has 0 saturated carbocycles. The van der Waals surface area contributed by atoms with E-state index in [1.165, 1.54) is 6.07 Å². The van der Waals surface area contributed by atoms with Gasteiger partial charge in [0.05, 0.1) is 0 Å². The van der Waals surface area contributed by atoms with Crippen LogP contribution in [0.5, 0.6) is 11.5 Å². The van der Waals surface area contributed by atoms with Crippen LogP contribution in [0.25, 0.3) is 10.8 Å². The van der Waals surface area contributed by atoms with Crippen molar-refractivity contribution in [2.45, 2.75) is 0 Å². The zero-order valence-electron chi connectivity index (χ0n) is 10.8. The standard InChI is InChI=1S/C10H9NO.C6H7NO/c11-10-3-1-2-7-4-5-8(12)6-9(7)10;7-5-2-1-3-6(8)4-5/h1-6,12H,11H2;1-4,8H,7H2. The molecule has 0 aromatic heterocycles. The topological polar surface area (TPSA) is 92.5 Å². The maximum atomic E-state index is 9.20. The van der Waals surface area contributed by atoms with Crippen molar-refractivity contribution in [1.29, 1.82) is 0 Å². The summed E-state index contributed by atoms with van der Waals surface area (Å²) < 4.78 is 0. The molecule has 0 aliphatic carbocycles. The smallest absolute Gasteiger partial charge is 0.117 e. The van der Waals surface area contributed by atoms with Crippen molar-refractivity contribution in [2.24, 2.45) is 0 Å². The van der Waals surface area contributed by atoms with Gasteiger partial charge in [-0.3, -0.25) is 0 Å². The van der Waals surface area contributed by atoms with Gasteiger partial charge in [-0.2, -0.15) is 0 Å². The third-order valence-corrected chi connectivity index (χ3v) is 2.77. The predicted octanol–water partition coefficient (Wildman–Crippen LogP) is 3.10. The van der Waals surface area contributed by atoms with E-state index in [1.807, 2.05) is 24.3 Å². The van der Waals surface area contributed by atoms with Gasteiger partial charge in [-0.15, -0.1) is 0 Å². The Balaban J connectivity index is 0.000000160. The summed E-state index contributed by atoms with van der Waals surface area (Å²) in [5.74, 6) is 0.463. The van der Waals surface area contributed by atoms with E-state index >= 15 is 0 Å². The van der Waals surface area contributed by atoms with Gasteiger partial charge in [0.1, 0.15) is 11.5 Å². The molecule has 0 amide bonds. The Labute approximate surface area is 116 Å². The van der Waals surface area contributed by atoms with Crippen LogP contribution in [-0.2, 0) is 0 Å². The average Bonchev–Trinajstić information content (AvgIpc) is 2.40. The molecule has 20 heavy (non-hydrogen) atoms. The summed E-state index contributed by atoms with van der Waals surface area (Å²) in [5, 5.41) is 19.9. The molecule has 0 spiro atoms. The second kappa shape index (κ2) is 5.84. The minimum absolute atomic E-state index is 0.213. The minimum Gasteiger partial charge on any atom is -0.508 e. The highest BCUT2D eigenvalue weighted by molar-refractivity contribution is 5.93. The molecule has 4 nitrogen and oxygen atoms in total. The van der Waals surface area contributed by atoms with Crippen LogP contribution < -0.4 is 11.5 Å². The fourth-order valence-corrected chi connectivity index (χ4v) is 1.81. The fourth-order valence-electron chi connectivity index (χ4n) is 1.81. The van der Waals surface area contributed by atoms with Crippen molar-refractivity contribution in [3.63, 3.8) is 0 Å². The fraction of sp³-hybridized carbons (Fsp3) is 0. The number of hydrogen-bond donors (Lipinski definition) is 4. The quantitative estimate of drug-likeness (QED) is 0.471. The van der Waals surface area contributed by atoms with Gasteiger partial charge in [-0.1, -0.05) is 24.3 Å². The number of rotatable bonds is 0. The Morgan fingerprint density at radius 1 is 0.700 bits per heavy atom.